The summed E-state index contributed by atoms with van der Waals surface area (Å²) in [5, 5.41) is 1.97. The number of pyridine rings is 1. The van der Waals surface area contributed by atoms with Crippen molar-refractivity contribution in [3.8, 4) is 0 Å². The summed E-state index contributed by atoms with van der Waals surface area (Å²) in [5.74, 6) is -0.0512. The number of hydrogen-bond donors (Lipinski definition) is 0. The van der Waals surface area contributed by atoms with Gasteiger partial charge in [-0.2, -0.15) is 0 Å². The minimum Gasteiger partial charge on any atom is -0.327 e. The van der Waals surface area contributed by atoms with Gasteiger partial charge in [0.1, 0.15) is 12.6 Å². The largest absolute Gasteiger partial charge is 0.327 e. The summed E-state index contributed by atoms with van der Waals surface area (Å²) in [6.07, 6.45) is 4.32. The normalized spacial score (nSPS) is 19.3. The standard InChI is InChI=1S/C25H24N4O3/c30-17-22-20(8-7-19-5-1-2-6-21(19)22)14-27-10-11-29-23(15-27)25(32)28(16-24(29)31)13-18-4-3-9-26-12-18/h1-9,12,17,23H,10-11,13-16H2. The van der Waals surface area contributed by atoms with E-state index in [-0.39, 0.29) is 18.4 Å². The molecule has 0 spiro atoms. The highest BCUT2D eigenvalue weighted by Gasteiger charge is 2.42. The van der Waals surface area contributed by atoms with Gasteiger partial charge in [-0.3, -0.25) is 24.3 Å². The van der Waals surface area contributed by atoms with Gasteiger partial charge >= 0.3 is 0 Å². The molecule has 3 aromatic rings. The maximum absolute atomic E-state index is 13.2. The number of carbonyl (C=O) groups is 3. The first-order valence-corrected chi connectivity index (χ1v) is 10.8. The number of carbonyl (C=O) groups excluding carboxylic acids is 3. The highest BCUT2D eigenvalue weighted by molar-refractivity contribution is 5.99. The summed E-state index contributed by atoms with van der Waals surface area (Å²) in [5.41, 5.74) is 2.53. The Hall–Kier alpha value is -3.58. The molecule has 162 valence electrons. The molecule has 7 nitrogen and oxygen atoms in total. The quantitative estimate of drug-likeness (QED) is 0.582. The summed E-state index contributed by atoms with van der Waals surface area (Å²) < 4.78 is 0. The fourth-order valence-electron chi connectivity index (χ4n) is 4.74. The number of benzene rings is 2. The first kappa shape index (κ1) is 20.3. The van der Waals surface area contributed by atoms with Crippen LogP contribution in [0.1, 0.15) is 21.5 Å². The number of amides is 2. The summed E-state index contributed by atoms with van der Waals surface area (Å²) in [6, 6.07) is 15.1. The van der Waals surface area contributed by atoms with Gasteiger partial charge in [-0.25, -0.2) is 0 Å². The Kier molecular flexibility index (Phi) is 5.41. The van der Waals surface area contributed by atoms with E-state index >= 15 is 0 Å². The van der Waals surface area contributed by atoms with E-state index in [2.05, 4.69) is 9.88 Å². The van der Waals surface area contributed by atoms with E-state index in [1.165, 1.54) is 0 Å². The van der Waals surface area contributed by atoms with Crippen molar-refractivity contribution in [2.75, 3.05) is 26.2 Å². The second kappa shape index (κ2) is 8.51. The molecule has 2 fully saturated rings. The lowest BCUT2D eigenvalue weighted by Crippen LogP contribution is -2.66. The smallest absolute Gasteiger partial charge is 0.247 e. The maximum Gasteiger partial charge on any atom is 0.247 e. The van der Waals surface area contributed by atoms with Crippen LogP contribution in [0.5, 0.6) is 0 Å². The topological polar surface area (TPSA) is 73.8 Å². The fourth-order valence-corrected chi connectivity index (χ4v) is 4.74. The van der Waals surface area contributed by atoms with Crippen molar-refractivity contribution in [3.05, 3.63) is 77.6 Å². The van der Waals surface area contributed by atoms with Gasteiger partial charge in [0.15, 0.2) is 6.29 Å². The van der Waals surface area contributed by atoms with E-state index in [0.717, 1.165) is 28.2 Å². The first-order chi connectivity index (χ1) is 15.6. The minimum absolute atomic E-state index is 0.0163. The van der Waals surface area contributed by atoms with Gasteiger partial charge in [0.2, 0.25) is 11.8 Å². The van der Waals surface area contributed by atoms with Gasteiger partial charge in [-0.05, 0) is 28.0 Å². The predicted octanol–water partition coefficient (Wildman–Crippen LogP) is 2.10. The van der Waals surface area contributed by atoms with Crippen LogP contribution in [0.15, 0.2) is 60.9 Å². The van der Waals surface area contributed by atoms with Crippen molar-refractivity contribution in [1.29, 1.82) is 0 Å². The van der Waals surface area contributed by atoms with E-state index in [1.54, 1.807) is 22.2 Å². The molecule has 7 heteroatoms. The van der Waals surface area contributed by atoms with E-state index in [9.17, 15) is 14.4 Å². The number of aromatic nitrogens is 1. The summed E-state index contributed by atoms with van der Waals surface area (Å²) in [4.78, 5) is 47.5. The molecule has 5 rings (SSSR count). The molecule has 2 aliphatic rings. The third-order valence-corrected chi connectivity index (χ3v) is 6.38. The Morgan fingerprint density at radius 2 is 1.88 bits per heavy atom. The number of nitrogens with zero attached hydrogens (tertiary/aromatic N) is 4. The van der Waals surface area contributed by atoms with E-state index in [1.807, 2.05) is 48.5 Å². The Labute approximate surface area is 186 Å². The van der Waals surface area contributed by atoms with Crippen LogP contribution in [-0.2, 0) is 22.7 Å². The van der Waals surface area contributed by atoms with Gasteiger partial charge < -0.3 is 9.80 Å². The monoisotopic (exact) mass is 428 g/mol. The SMILES string of the molecule is O=Cc1c(CN2CCN3C(=O)CN(Cc4cccnc4)C(=O)C3C2)ccc2ccccc12. The van der Waals surface area contributed by atoms with Crippen LogP contribution < -0.4 is 0 Å². The van der Waals surface area contributed by atoms with Crippen LogP contribution in [0.2, 0.25) is 0 Å². The van der Waals surface area contributed by atoms with Gasteiger partial charge in [0.05, 0.1) is 0 Å². The molecule has 2 amide bonds. The average molecular weight is 428 g/mol. The Bertz CT molecular complexity index is 1180. The molecule has 1 atom stereocenters. The minimum atomic E-state index is -0.498. The van der Waals surface area contributed by atoms with Gasteiger partial charge in [-0.1, -0.05) is 42.5 Å². The molecule has 3 heterocycles. The van der Waals surface area contributed by atoms with Crippen molar-refractivity contribution in [3.63, 3.8) is 0 Å². The molecule has 0 radical (unpaired) electrons. The Morgan fingerprint density at radius 3 is 2.69 bits per heavy atom. The fraction of sp³-hybridized carbons (Fsp3) is 0.280. The van der Waals surface area contributed by atoms with Crippen molar-refractivity contribution in [2.45, 2.75) is 19.1 Å². The molecule has 0 saturated carbocycles. The zero-order valence-electron chi connectivity index (χ0n) is 17.7. The van der Waals surface area contributed by atoms with E-state index in [4.69, 9.17) is 0 Å². The van der Waals surface area contributed by atoms with Crippen LogP contribution in [0.4, 0.5) is 0 Å². The number of rotatable bonds is 5. The van der Waals surface area contributed by atoms with Crippen LogP contribution >= 0.6 is 0 Å². The van der Waals surface area contributed by atoms with Crippen molar-refractivity contribution < 1.29 is 14.4 Å². The molecule has 2 saturated heterocycles. The number of piperazine rings is 2. The lowest BCUT2D eigenvalue weighted by molar-refractivity contribution is -0.160. The zero-order chi connectivity index (χ0) is 22.1. The van der Waals surface area contributed by atoms with Gasteiger partial charge in [-0.15, -0.1) is 0 Å². The molecule has 32 heavy (non-hydrogen) atoms. The highest BCUT2D eigenvalue weighted by atomic mass is 16.2. The second-order valence-corrected chi connectivity index (χ2v) is 8.37. The molecule has 0 bridgehead atoms. The third kappa shape index (κ3) is 3.76. The van der Waals surface area contributed by atoms with Crippen molar-refractivity contribution in [1.82, 2.24) is 19.7 Å². The molecule has 2 aromatic carbocycles. The molecule has 2 aliphatic heterocycles. The first-order valence-electron chi connectivity index (χ1n) is 10.8. The summed E-state index contributed by atoms with van der Waals surface area (Å²) >= 11 is 0. The summed E-state index contributed by atoms with van der Waals surface area (Å²) in [7, 11) is 0. The number of hydrogen-bond acceptors (Lipinski definition) is 5. The number of fused-ring (bicyclic) bond motifs is 2. The molecule has 0 aliphatic carbocycles. The molecule has 1 aromatic heterocycles. The third-order valence-electron chi connectivity index (χ3n) is 6.38. The van der Waals surface area contributed by atoms with Crippen molar-refractivity contribution >= 4 is 28.9 Å². The van der Waals surface area contributed by atoms with Crippen molar-refractivity contribution in [2.24, 2.45) is 0 Å². The highest BCUT2D eigenvalue weighted by Crippen LogP contribution is 2.25. The molecular formula is C25H24N4O3. The Morgan fingerprint density at radius 1 is 1.00 bits per heavy atom. The lowest BCUT2D eigenvalue weighted by atomic mass is 9.98. The van der Waals surface area contributed by atoms with E-state index < -0.39 is 6.04 Å². The van der Waals surface area contributed by atoms with Crippen LogP contribution in [0, 0.1) is 0 Å². The lowest BCUT2D eigenvalue weighted by Gasteiger charge is -2.46. The van der Waals surface area contributed by atoms with E-state index in [0.29, 0.717) is 38.3 Å². The van der Waals surface area contributed by atoms with Crippen LogP contribution in [-0.4, -0.2) is 70.0 Å². The van der Waals surface area contributed by atoms with Crippen LogP contribution in [0.3, 0.4) is 0 Å². The predicted molar refractivity (Wildman–Crippen MR) is 120 cm³/mol. The zero-order valence-corrected chi connectivity index (χ0v) is 17.7. The number of aldehydes is 1. The van der Waals surface area contributed by atoms with Gasteiger partial charge in [0, 0.05) is 50.7 Å². The molecular weight excluding hydrogens is 404 g/mol. The second-order valence-electron chi connectivity index (χ2n) is 8.37. The molecule has 0 N–H and O–H groups in total. The molecule has 1 unspecified atom stereocenters. The van der Waals surface area contributed by atoms with Gasteiger partial charge in [0.25, 0.3) is 0 Å². The van der Waals surface area contributed by atoms with Crippen LogP contribution in [0.25, 0.3) is 10.8 Å². The maximum atomic E-state index is 13.2. The average Bonchev–Trinajstić information content (AvgIpc) is 2.83. The Balaban J connectivity index is 1.35. The summed E-state index contributed by atoms with van der Waals surface area (Å²) in [6.45, 7) is 2.68.